The molecule has 1 heterocycles. The fraction of sp³-hybridized carbons (Fsp3) is 0.429. The van der Waals surface area contributed by atoms with Gasteiger partial charge in [-0.1, -0.05) is 17.7 Å². The Kier molecular flexibility index (Phi) is 3.48. The molecule has 0 aliphatic carbocycles. The molecule has 0 bridgehead atoms. The predicted octanol–water partition coefficient (Wildman–Crippen LogP) is 3.00. The predicted molar refractivity (Wildman–Crippen MR) is 69.6 cm³/mol. The largest absolute Gasteiger partial charge is 0.367 e. The van der Waals surface area contributed by atoms with Crippen LogP contribution in [0, 0.1) is 5.82 Å². The van der Waals surface area contributed by atoms with Gasteiger partial charge in [-0.05, 0) is 32.4 Å². The zero-order valence-corrected chi connectivity index (χ0v) is 10.4. The highest BCUT2D eigenvalue weighted by Gasteiger charge is 2.18. The smallest absolute Gasteiger partial charge is 0.130 e. The molecule has 0 unspecified atom stereocenters. The lowest BCUT2D eigenvalue weighted by Gasteiger charge is -2.30. The summed E-state index contributed by atoms with van der Waals surface area (Å²) in [6.07, 6.45) is 3.23. The van der Waals surface area contributed by atoms with Gasteiger partial charge in [-0.25, -0.2) is 4.39 Å². The van der Waals surface area contributed by atoms with Gasteiger partial charge in [0, 0.05) is 30.4 Å². The van der Waals surface area contributed by atoms with Crippen molar-refractivity contribution in [2.24, 2.45) is 5.73 Å². The van der Waals surface area contributed by atoms with E-state index in [1.54, 1.807) is 6.07 Å². The van der Waals surface area contributed by atoms with Gasteiger partial charge in [-0.2, -0.15) is 0 Å². The average molecular weight is 234 g/mol. The van der Waals surface area contributed by atoms with Crippen LogP contribution in [0.4, 0.5) is 10.1 Å². The summed E-state index contributed by atoms with van der Waals surface area (Å²) in [7, 11) is 0. The summed E-state index contributed by atoms with van der Waals surface area (Å²) in [4.78, 5) is 2.19. The molecule has 2 rings (SSSR count). The Labute approximate surface area is 102 Å². The molecule has 0 fully saturated rings. The van der Waals surface area contributed by atoms with Crippen molar-refractivity contribution in [3.8, 4) is 0 Å². The molecule has 0 amide bonds. The zero-order chi connectivity index (χ0) is 12.4. The molecule has 0 saturated heterocycles. The SMILES string of the molecule is CC1=CCN(c2cccc(F)c2[C@H](C)N)CC1. The number of nitrogens with zero attached hydrogens (tertiary/aromatic N) is 1. The second kappa shape index (κ2) is 4.88. The molecular formula is C14H19FN2. The van der Waals surface area contributed by atoms with Gasteiger partial charge in [0.25, 0.3) is 0 Å². The Bertz CT molecular complexity index is 438. The molecule has 0 radical (unpaired) electrons. The molecule has 17 heavy (non-hydrogen) atoms. The lowest BCUT2D eigenvalue weighted by atomic mass is 10.0. The molecule has 1 aliphatic rings. The Balaban J connectivity index is 2.35. The Morgan fingerprint density at radius 1 is 1.41 bits per heavy atom. The second-order valence-corrected chi connectivity index (χ2v) is 4.71. The number of hydrogen-bond donors (Lipinski definition) is 1. The fourth-order valence-electron chi connectivity index (χ4n) is 2.24. The van der Waals surface area contributed by atoms with Crippen molar-refractivity contribution in [1.29, 1.82) is 0 Å². The third-order valence-corrected chi connectivity index (χ3v) is 3.26. The third kappa shape index (κ3) is 2.50. The molecule has 1 aliphatic heterocycles. The second-order valence-electron chi connectivity index (χ2n) is 4.71. The summed E-state index contributed by atoms with van der Waals surface area (Å²) in [5.41, 5.74) is 8.83. The summed E-state index contributed by atoms with van der Waals surface area (Å²) in [5.74, 6) is -0.205. The molecule has 1 aromatic rings. The first-order valence-corrected chi connectivity index (χ1v) is 6.04. The maximum Gasteiger partial charge on any atom is 0.130 e. The standard InChI is InChI=1S/C14H19FN2/c1-10-6-8-17(9-7-10)13-5-3-4-12(15)14(13)11(2)16/h3-6,11H,7-9,16H2,1-2H3/t11-/m0/s1. The van der Waals surface area contributed by atoms with E-state index < -0.39 is 0 Å². The van der Waals surface area contributed by atoms with E-state index in [0.717, 1.165) is 25.2 Å². The van der Waals surface area contributed by atoms with E-state index in [1.165, 1.54) is 11.6 Å². The van der Waals surface area contributed by atoms with Gasteiger partial charge in [-0.3, -0.25) is 0 Å². The summed E-state index contributed by atoms with van der Waals surface area (Å²) in [5, 5.41) is 0. The van der Waals surface area contributed by atoms with Gasteiger partial charge in [0.1, 0.15) is 5.82 Å². The number of anilines is 1. The fourth-order valence-corrected chi connectivity index (χ4v) is 2.24. The molecule has 0 spiro atoms. The lowest BCUT2D eigenvalue weighted by molar-refractivity contribution is 0.591. The van der Waals surface area contributed by atoms with Crippen LogP contribution in [0.15, 0.2) is 29.8 Å². The van der Waals surface area contributed by atoms with Crippen LogP contribution in [0.1, 0.15) is 31.9 Å². The Morgan fingerprint density at radius 2 is 2.18 bits per heavy atom. The highest BCUT2D eigenvalue weighted by Crippen LogP contribution is 2.29. The van der Waals surface area contributed by atoms with Crippen molar-refractivity contribution in [2.45, 2.75) is 26.3 Å². The van der Waals surface area contributed by atoms with Gasteiger partial charge in [-0.15, -0.1) is 0 Å². The Morgan fingerprint density at radius 3 is 2.76 bits per heavy atom. The summed E-state index contributed by atoms with van der Waals surface area (Å²) < 4.78 is 13.8. The van der Waals surface area contributed by atoms with Crippen LogP contribution in [0.25, 0.3) is 0 Å². The van der Waals surface area contributed by atoms with E-state index in [-0.39, 0.29) is 11.9 Å². The first-order chi connectivity index (χ1) is 8.09. The highest BCUT2D eigenvalue weighted by molar-refractivity contribution is 5.56. The first kappa shape index (κ1) is 12.1. The van der Waals surface area contributed by atoms with Crippen LogP contribution in [0.2, 0.25) is 0 Å². The van der Waals surface area contributed by atoms with Gasteiger partial charge < -0.3 is 10.6 Å². The van der Waals surface area contributed by atoms with E-state index in [4.69, 9.17) is 5.73 Å². The van der Waals surface area contributed by atoms with E-state index in [0.29, 0.717) is 5.56 Å². The normalized spacial score (nSPS) is 17.9. The quantitative estimate of drug-likeness (QED) is 0.797. The molecule has 1 aromatic carbocycles. The lowest BCUT2D eigenvalue weighted by Crippen LogP contribution is -2.30. The summed E-state index contributed by atoms with van der Waals surface area (Å²) in [6, 6.07) is 4.91. The van der Waals surface area contributed by atoms with Crippen molar-refractivity contribution in [3.05, 3.63) is 41.2 Å². The van der Waals surface area contributed by atoms with Crippen LogP contribution in [-0.4, -0.2) is 13.1 Å². The monoisotopic (exact) mass is 234 g/mol. The molecular weight excluding hydrogens is 215 g/mol. The number of nitrogens with two attached hydrogens (primary N) is 1. The molecule has 0 aromatic heterocycles. The summed E-state index contributed by atoms with van der Waals surface area (Å²) >= 11 is 0. The minimum Gasteiger partial charge on any atom is -0.367 e. The van der Waals surface area contributed by atoms with Crippen LogP contribution in [-0.2, 0) is 0 Å². The molecule has 2 nitrogen and oxygen atoms in total. The molecule has 92 valence electrons. The summed E-state index contributed by atoms with van der Waals surface area (Å²) in [6.45, 7) is 5.74. The number of benzene rings is 1. The van der Waals surface area contributed by atoms with E-state index in [9.17, 15) is 4.39 Å². The van der Waals surface area contributed by atoms with E-state index in [2.05, 4.69) is 17.9 Å². The van der Waals surface area contributed by atoms with Crippen LogP contribution < -0.4 is 10.6 Å². The number of halogens is 1. The molecule has 3 heteroatoms. The molecule has 1 atom stereocenters. The first-order valence-electron chi connectivity index (χ1n) is 6.04. The number of rotatable bonds is 2. The van der Waals surface area contributed by atoms with Gasteiger partial charge in [0.05, 0.1) is 0 Å². The van der Waals surface area contributed by atoms with Crippen molar-refractivity contribution in [2.75, 3.05) is 18.0 Å². The van der Waals surface area contributed by atoms with Gasteiger partial charge >= 0.3 is 0 Å². The zero-order valence-electron chi connectivity index (χ0n) is 10.4. The van der Waals surface area contributed by atoms with Crippen molar-refractivity contribution < 1.29 is 4.39 Å². The Hall–Kier alpha value is -1.35. The van der Waals surface area contributed by atoms with Crippen molar-refractivity contribution in [3.63, 3.8) is 0 Å². The van der Waals surface area contributed by atoms with E-state index in [1.807, 2.05) is 13.0 Å². The minimum atomic E-state index is -0.279. The van der Waals surface area contributed by atoms with Crippen LogP contribution >= 0.6 is 0 Å². The van der Waals surface area contributed by atoms with E-state index >= 15 is 0 Å². The average Bonchev–Trinajstić information content (AvgIpc) is 2.29. The van der Waals surface area contributed by atoms with Gasteiger partial charge in [0.15, 0.2) is 0 Å². The minimum absolute atomic E-state index is 0.205. The highest BCUT2D eigenvalue weighted by atomic mass is 19.1. The van der Waals surface area contributed by atoms with Crippen molar-refractivity contribution >= 4 is 5.69 Å². The van der Waals surface area contributed by atoms with Crippen LogP contribution in [0.3, 0.4) is 0 Å². The topological polar surface area (TPSA) is 29.3 Å². The molecule has 0 saturated carbocycles. The van der Waals surface area contributed by atoms with Crippen molar-refractivity contribution in [1.82, 2.24) is 0 Å². The van der Waals surface area contributed by atoms with Crippen LogP contribution in [0.5, 0.6) is 0 Å². The maximum absolute atomic E-state index is 13.8. The molecule has 2 N–H and O–H groups in total. The number of hydrogen-bond acceptors (Lipinski definition) is 2. The maximum atomic E-state index is 13.8. The third-order valence-electron chi connectivity index (χ3n) is 3.26. The van der Waals surface area contributed by atoms with Gasteiger partial charge in [0.2, 0.25) is 0 Å².